The lowest BCUT2D eigenvalue weighted by atomic mass is 10.3. The Bertz CT molecular complexity index is 1130. The van der Waals surface area contributed by atoms with Crippen LogP contribution in [0.1, 0.15) is 11.8 Å². The predicted octanol–water partition coefficient (Wildman–Crippen LogP) is 3.86. The van der Waals surface area contributed by atoms with Gasteiger partial charge in [-0.15, -0.1) is 0 Å². The molecule has 0 saturated carbocycles. The average Bonchev–Trinajstić information content (AvgIpc) is 3.31. The summed E-state index contributed by atoms with van der Waals surface area (Å²) in [5.41, 5.74) is 0.944. The van der Waals surface area contributed by atoms with Crippen LogP contribution in [-0.2, 0) is 16.1 Å². The fourth-order valence-electron chi connectivity index (χ4n) is 2.60. The molecule has 0 saturated heterocycles. The van der Waals surface area contributed by atoms with Gasteiger partial charge in [-0.2, -0.15) is 4.99 Å². The SMILES string of the molecule is CCOCCn1c(=NC(=O)/C=C\c2ccc([N+](=O)[O-])s2)sc2cc(OC)ccc21. The van der Waals surface area contributed by atoms with Crippen molar-refractivity contribution in [2.75, 3.05) is 20.3 Å². The first kappa shape index (κ1) is 20.9. The standard InChI is InChI=1S/C19H19N3O5S2/c1-3-27-11-10-21-15-7-4-13(26-2)12-16(15)29-19(21)20-17(23)8-5-14-6-9-18(28-14)22(24)25/h4-9,12H,3,10-11H2,1-2H3/b8-5-,20-19?. The van der Waals surface area contributed by atoms with Gasteiger partial charge < -0.3 is 14.0 Å². The van der Waals surface area contributed by atoms with E-state index in [-0.39, 0.29) is 5.00 Å². The van der Waals surface area contributed by atoms with Crippen molar-refractivity contribution in [1.82, 2.24) is 4.57 Å². The van der Waals surface area contributed by atoms with Crippen molar-refractivity contribution in [3.8, 4) is 5.75 Å². The Labute approximate surface area is 174 Å². The molecule has 0 radical (unpaired) electrons. The highest BCUT2D eigenvalue weighted by Crippen LogP contribution is 2.25. The van der Waals surface area contributed by atoms with Crippen molar-refractivity contribution >= 4 is 49.9 Å². The van der Waals surface area contributed by atoms with Crippen LogP contribution in [0.15, 0.2) is 41.4 Å². The molecule has 0 bridgehead atoms. The minimum absolute atomic E-state index is 0.0289. The number of amides is 1. The lowest BCUT2D eigenvalue weighted by molar-refractivity contribution is -0.380. The fourth-order valence-corrected chi connectivity index (χ4v) is 4.41. The fraction of sp³-hybridized carbons (Fsp3) is 0.263. The van der Waals surface area contributed by atoms with Crippen LogP contribution in [0.25, 0.3) is 16.3 Å². The van der Waals surface area contributed by atoms with Crippen molar-refractivity contribution in [3.05, 3.63) is 56.2 Å². The molecule has 0 spiro atoms. The third-order valence-electron chi connectivity index (χ3n) is 3.94. The van der Waals surface area contributed by atoms with E-state index < -0.39 is 10.8 Å². The Morgan fingerprint density at radius 3 is 2.83 bits per heavy atom. The molecule has 0 unspecified atom stereocenters. The van der Waals surface area contributed by atoms with Crippen LogP contribution in [0, 0.1) is 10.1 Å². The summed E-state index contributed by atoms with van der Waals surface area (Å²) >= 11 is 2.39. The molecule has 2 aromatic heterocycles. The average molecular weight is 434 g/mol. The first-order chi connectivity index (χ1) is 14.0. The van der Waals surface area contributed by atoms with Crippen LogP contribution in [0.2, 0.25) is 0 Å². The Hall–Kier alpha value is -2.82. The summed E-state index contributed by atoms with van der Waals surface area (Å²) in [6, 6.07) is 8.71. The number of carbonyl (C=O) groups is 1. The first-order valence-electron chi connectivity index (χ1n) is 8.78. The highest BCUT2D eigenvalue weighted by Gasteiger charge is 2.10. The van der Waals surface area contributed by atoms with Crippen molar-refractivity contribution in [2.45, 2.75) is 13.5 Å². The summed E-state index contributed by atoms with van der Waals surface area (Å²) in [6.45, 7) is 3.60. The second-order valence-corrected chi connectivity index (χ2v) is 7.89. The number of methoxy groups -OCH3 is 1. The highest BCUT2D eigenvalue weighted by molar-refractivity contribution is 7.16. The summed E-state index contributed by atoms with van der Waals surface area (Å²) in [6.07, 6.45) is 2.85. The quantitative estimate of drug-likeness (QED) is 0.233. The molecular weight excluding hydrogens is 414 g/mol. The molecule has 29 heavy (non-hydrogen) atoms. The van der Waals surface area contributed by atoms with Gasteiger partial charge in [-0.25, -0.2) is 0 Å². The summed E-state index contributed by atoms with van der Waals surface area (Å²) in [7, 11) is 1.60. The van der Waals surface area contributed by atoms with E-state index in [1.54, 1.807) is 13.2 Å². The van der Waals surface area contributed by atoms with Gasteiger partial charge in [-0.1, -0.05) is 22.7 Å². The van der Waals surface area contributed by atoms with Gasteiger partial charge in [0.1, 0.15) is 5.75 Å². The minimum atomic E-state index is -0.457. The molecule has 0 atom stereocenters. The third-order valence-corrected chi connectivity index (χ3v) is 5.99. The molecule has 3 rings (SSSR count). The van der Waals surface area contributed by atoms with Gasteiger partial charge in [-0.05, 0) is 37.3 Å². The maximum atomic E-state index is 12.4. The zero-order valence-electron chi connectivity index (χ0n) is 15.9. The number of thiazole rings is 1. The van der Waals surface area contributed by atoms with Gasteiger partial charge in [0.25, 0.3) is 5.91 Å². The van der Waals surface area contributed by atoms with Crippen molar-refractivity contribution in [1.29, 1.82) is 0 Å². The molecule has 0 fully saturated rings. The summed E-state index contributed by atoms with van der Waals surface area (Å²) in [5.74, 6) is 0.289. The molecule has 1 amide bonds. The number of thiophene rings is 1. The third kappa shape index (κ3) is 5.17. The molecule has 0 aliphatic carbocycles. The smallest absolute Gasteiger partial charge is 0.324 e. The van der Waals surface area contributed by atoms with Crippen LogP contribution in [0.3, 0.4) is 0 Å². The topological polar surface area (TPSA) is 96.0 Å². The lowest BCUT2D eigenvalue weighted by Gasteiger charge is -2.05. The van der Waals surface area contributed by atoms with Gasteiger partial charge in [-0.3, -0.25) is 14.9 Å². The molecule has 0 N–H and O–H groups in total. The molecule has 2 heterocycles. The van der Waals surface area contributed by atoms with E-state index in [4.69, 9.17) is 9.47 Å². The van der Waals surface area contributed by atoms with Gasteiger partial charge >= 0.3 is 5.00 Å². The highest BCUT2D eigenvalue weighted by atomic mass is 32.1. The van der Waals surface area contributed by atoms with Gasteiger partial charge in [0.2, 0.25) is 0 Å². The van der Waals surface area contributed by atoms with E-state index in [2.05, 4.69) is 4.99 Å². The molecule has 3 aromatic rings. The van der Waals surface area contributed by atoms with E-state index in [0.29, 0.717) is 29.4 Å². The number of carbonyl (C=O) groups excluding carboxylic acids is 1. The largest absolute Gasteiger partial charge is 0.497 e. The Morgan fingerprint density at radius 1 is 1.31 bits per heavy atom. The number of hydrogen-bond acceptors (Lipinski definition) is 7. The second kappa shape index (κ2) is 9.59. The number of rotatable bonds is 8. The molecule has 8 nitrogen and oxygen atoms in total. The molecule has 10 heteroatoms. The number of aromatic nitrogens is 1. The lowest BCUT2D eigenvalue weighted by Crippen LogP contribution is -2.19. The number of nitro groups is 1. The molecule has 0 aliphatic rings. The number of hydrogen-bond donors (Lipinski definition) is 0. The number of benzene rings is 1. The summed E-state index contributed by atoms with van der Waals surface area (Å²) < 4.78 is 13.6. The minimum Gasteiger partial charge on any atom is -0.497 e. The number of nitrogens with zero attached hydrogens (tertiary/aromatic N) is 3. The number of ether oxygens (including phenoxy) is 2. The van der Waals surface area contributed by atoms with Crippen molar-refractivity contribution in [3.63, 3.8) is 0 Å². The van der Waals surface area contributed by atoms with E-state index in [0.717, 1.165) is 27.3 Å². The predicted molar refractivity (Wildman–Crippen MR) is 113 cm³/mol. The second-order valence-electron chi connectivity index (χ2n) is 5.78. The maximum absolute atomic E-state index is 12.4. The summed E-state index contributed by atoms with van der Waals surface area (Å²) in [5, 5.41) is 10.8. The zero-order valence-corrected chi connectivity index (χ0v) is 17.5. The Morgan fingerprint density at radius 2 is 2.14 bits per heavy atom. The zero-order chi connectivity index (χ0) is 20.8. The van der Waals surface area contributed by atoms with E-state index >= 15 is 0 Å². The van der Waals surface area contributed by atoms with Crippen LogP contribution in [0.5, 0.6) is 5.75 Å². The van der Waals surface area contributed by atoms with Gasteiger partial charge in [0.15, 0.2) is 4.80 Å². The van der Waals surface area contributed by atoms with Gasteiger partial charge in [0.05, 0.1) is 28.9 Å². The van der Waals surface area contributed by atoms with Crippen LogP contribution in [0.4, 0.5) is 5.00 Å². The number of fused-ring (bicyclic) bond motifs is 1. The normalized spacial score (nSPS) is 12.1. The molecule has 0 aliphatic heterocycles. The van der Waals surface area contributed by atoms with Crippen molar-refractivity contribution < 1.29 is 19.2 Å². The van der Waals surface area contributed by atoms with Crippen molar-refractivity contribution in [2.24, 2.45) is 4.99 Å². The molecule has 1 aromatic carbocycles. The van der Waals surface area contributed by atoms with Gasteiger partial charge in [0, 0.05) is 30.2 Å². The van der Waals surface area contributed by atoms with E-state index in [1.807, 2.05) is 29.7 Å². The first-order valence-corrected chi connectivity index (χ1v) is 10.4. The van der Waals surface area contributed by atoms with Crippen LogP contribution >= 0.6 is 22.7 Å². The summed E-state index contributed by atoms with van der Waals surface area (Å²) in [4.78, 5) is 28.1. The van der Waals surface area contributed by atoms with Crippen LogP contribution < -0.4 is 9.54 Å². The maximum Gasteiger partial charge on any atom is 0.324 e. The Balaban J connectivity index is 1.91. The monoisotopic (exact) mass is 433 g/mol. The van der Waals surface area contributed by atoms with E-state index in [9.17, 15) is 14.9 Å². The molecular formula is C19H19N3O5S2. The van der Waals surface area contributed by atoms with E-state index in [1.165, 1.54) is 29.6 Å². The molecule has 152 valence electrons. The van der Waals surface area contributed by atoms with Crippen LogP contribution in [-0.4, -0.2) is 35.7 Å². The Kier molecular flexibility index (Phi) is 6.91.